The second kappa shape index (κ2) is 9.90. The first-order chi connectivity index (χ1) is 14.8. The van der Waals surface area contributed by atoms with Crippen LogP contribution in [-0.4, -0.2) is 46.6 Å². The van der Waals surface area contributed by atoms with Gasteiger partial charge in [0.05, 0.1) is 23.8 Å². The Labute approximate surface area is 181 Å². The molecule has 0 aliphatic carbocycles. The SMILES string of the molecule is COc1ccc(NC(C)=O)cc1NC(=O)c1cccc(S(=O)(=O)NCC2CCCO2)c1. The number of hydrogen-bond acceptors (Lipinski definition) is 6. The molecule has 3 rings (SSSR count). The van der Waals surface area contributed by atoms with Crippen molar-refractivity contribution >= 4 is 33.2 Å². The summed E-state index contributed by atoms with van der Waals surface area (Å²) in [6.45, 7) is 2.20. The summed E-state index contributed by atoms with van der Waals surface area (Å²) in [6.07, 6.45) is 1.59. The number of rotatable bonds is 8. The van der Waals surface area contributed by atoms with E-state index in [1.807, 2.05) is 0 Å². The summed E-state index contributed by atoms with van der Waals surface area (Å²) in [6, 6.07) is 10.5. The van der Waals surface area contributed by atoms with E-state index in [0.717, 1.165) is 12.8 Å². The number of anilines is 2. The third kappa shape index (κ3) is 6.03. The average molecular weight is 448 g/mol. The molecular weight excluding hydrogens is 422 g/mol. The van der Waals surface area contributed by atoms with Gasteiger partial charge in [-0.1, -0.05) is 6.07 Å². The average Bonchev–Trinajstić information content (AvgIpc) is 3.26. The Kier molecular flexibility index (Phi) is 7.26. The van der Waals surface area contributed by atoms with Crippen LogP contribution in [0.15, 0.2) is 47.4 Å². The Morgan fingerprint density at radius 2 is 1.97 bits per heavy atom. The second-order valence-corrected chi connectivity index (χ2v) is 8.83. The molecule has 1 heterocycles. The van der Waals surface area contributed by atoms with Gasteiger partial charge in [0, 0.05) is 31.3 Å². The number of carbonyl (C=O) groups excluding carboxylic acids is 2. The number of methoxy groups -OCH3 is 1. The Hall–Kier alpha value is -2.95. The van der Waals surface area contributed by atoms with Crippen molar-refractivity contribution in [1.82, 2.24) is 4.72 Å². The number of sulfonamides is 1. The first-order valence-corrected chi connectivity index (χ1v) is 11.2. The third-order valence-corrected chi connectivity index (χ3v) is 6.12. The van der Waals surface area contributed by atoms with E-state index in [1.165, 1.54) is 38.3 Å². The Morgan fingerprint density at radius 3 is 2.65 bits per heavy atom. The fraction of sp³-hybridized carbons (Fsp3) is 0.333. The Balaban J connectivity index is 1.76. The van der Waals surface area contributed by atoms with Crippen molar-refractivity contribution in [2.24, 2.45) is 0 Å². The molecule has 3 N–H and O–H groups in total. The molecule has 1 unspecified atom stereocenters. The zero-order chi connectivity index (χ0) is 22.4. The van der Waals surface area contributed by atoms with Crippen LogP contribution in [0.2, 0.25) is 0 Å². The van der Waals surface area contributed by atoms with Crippen LogP contribution in [-0.2, 0) is 19.6 Å². The fourth-order valence-electron chi connectivity index (χ4n) is 3.18. The van der Waals surface area contributed by atoms with E-state index in [9.17, 15) is 18.0 Å². The van der Waals surface area contributed by atoms with Crippen LogP contribution in [0.25, 0.3) is 0 Å². The number of nitrogens with one attached hydrogen (secondary N) is 3. The molecule has 0 bridgehead atoms. The molecule has 1 saturated heterocycles. The van der Waals surface area contributed by atoms with Gasteiger partial charge in [-0.2, -0.15) is 0 Å². The summed E-state index contributed by atoms with van der Waals surface area (Å²) in [4.78, 5) is 24.0. The summed E-state index contributed by atoms with van der Waals surface area (Å²) in [5, 5.41) is 5.33. The molecule has 1 aliphatic heterocycles. The highest BCUT2D eigenvalue weighted by molar-refractivity contribution is 7.89. The summed E-state index contributed by atoms with van der Waals surface area (Å²) < 4.78 is 38.4. The quantitative estimate of drug-likeness (QED) is 0.571. The lowest BCUT2D eigenvalue weighted by molar-refractivity contribution is -0.114. The maximum absolute atomic E-state index is 12.8. The van der Waals surface area contributed by atoms with Gasteiger partial charge in [0.25, 0.3) is 5.91 Å². The minimum absolute atomic E-state index is 0.0166. The van der Waals surface area contributed by atoms with Crippen molar-refractivity contribution in [2.75, 3.05) is 30.9 Å². The van der Waals surface area contributed by atoms with Crippen LogP contribution in [0.1, 0.15) is 30.1 Å². The van der Waals surface area contributed by atoms with Gasteiger partial charge in [0.1, 0.15) is 5.75 Å². The second-order valence-electron chi connectivity index (χ2n) is 7.07. The van der Waals surface area contributed by atoms with E-state index in [0.29, 0.717) is 23.7 Å². The van der Waals surface area contributed by atoms with E-state index < -0.39 is 15.9 Å². The minimum Gasteiger partial charge on any atom is -0.495 e. The molecule has 0 saturated carbocycles. The number of ether oxygens (including phenoxy) is 2. The zero-order valence-corrected chi connectivity index (χ0v) is 18.1. The lowest BCUT2D eigenvalue weighted by atomic mass is 10.2. The zero-order valence-electron chi connectivity index (χ0n) is 17.3. The van der Waals surface area contributed by atoms with Crippen molar-refractivity contribution in [3.63, 3.8) is 0 Å². The molecule has 9 nitrogen and oxygen atoms in total. The van der Waals surface area contributed by atoms with Crippen LogP contribution in [0.5, 0.6) is 5.75 Å². The molecule has 0 spiro atoms. The molecule has 31 heavy (non-hydrogen) atoms. The largest absolute Gasteiger partial charge is 0.495 e. The predicted octanol–water partition coefficient (Wildman–Crippen LogP) is 2.36. The van der Waals surface area contributed by atoms with E-state index >= 15 is 0 Å². The van der Waals surface area contributed by atoms with Gasteiger partial charge in [0.15, 0.2) is 0 Å². The Bertz CT molecular complexity index is 1060. The lowest BCUT2D eigenvalue weighted by Crippen LogP contribution is -2.32. The number of carbonyl (C=O) groups is 2. The summed E-state index contributed by atoms with van der Waals surface area (Å²) in [7, 11) is -2.34. The van der Waals surface area contributed by atoms with Crippen LogP contribution in [0.3, 0.4) is 0 Å². The smallest absolute Gasteiger partial charge is 0.255 e. The Morgan fingerprint density at radius 1 is 1.16 bits per heavy atom. The molecule has 2 aromatic rings. The predicted molar refractivity (Wildman–Crippen MR) is 116 cm³/mol. The van der Waals surface area contributed by atoms with Gasteiger partial charge < -0.3 is 20.1 Å². The molecule has 1 aliphatic rings. The molecule has 2 aromatic carbocycles. The normalized spacial score (nSPS) is 16.0. The molecule has 0 radical (unpaired) electrons. The first-order valence-electron chi connectivity index (χ1n) is 9.77. The van der Waals surface area contributed by atoms with E-state index in [2.05, 4.69) is 15.4 Å². The van der Waals surface area contributed by atoms with Crippen LogP contribution < -0.4 is 20.1 Å². The summed E-state index contributed by atoms with van der Waals surface area (Å²) in [5.41, 5.74) is 0.980. The molecule has 2 amide bonds. The first kappa shape index (κ1) is 22.7. The number of benzene rings is 2. The molecule has 1 fully saturated rings. The lowest BCUT2D eigenvalue weighted by Gasteiger charge is -2.14. The summed E-state index contributed by atoms with van der Waals surface area (Å²) >= 11 is 0. The van der Waals surface area contributed by atoms with Gasteiger partial charge in [-0.25, -0.2) is 13.1 Å². The van der Waals surface area contributed by atoms with Crippen LogP contribution >= 0.6 is 0 Å². The highest BCUT2D eigenvalue weighted by Crippen LogP contribution is 2.28. The summed E-state index contributed by atoms with van der Waals surface area (Å²) in [5.74, 6) is -0.380. The maximum atomic E-state index is 12.8. The molecule has 10 heteroatoms. The molecule has 1 atom stereocenters. The van der Waals surface area contributed by atoms with Crippen LogP contribution in [0.4, 0.5) is 11.4 Å². The van der Waals surface area contributed by atoms with E-state index in [-0.39, 0.29) is 29.0 Å². The fourth-order valence-corrected chi connectivity index (χ4v) is 4.29. The van der Waals surface area contributed by atoms with Crippen molar-refractivity contribution in [1.29, 1.82) is 0 Å². The van der Waals surface area contributed by atoms with Gasteiger partial charge in [-0.3, -0.25) is 9.59 Å². The van der Waals surface area contributed by atoms with E-state index in [1.54, 1.807) is 18.2 Å². The highest BCUT2D eigenvalue weighted by atomic mass is 32.2. The maximum Gasteiger partial charge on any atom is 0.255 e. The van der Waals surface area contributed by atoms with Gasteiger partial charge in [-0.15, -0.1) is 0 Å². The van der Waals surface area contributed by atoms with Gasteiger partial charge >= 0.3 is 0 Å². The van der Waals surface area contributed by atoms with Crippen molar-refractivity contribution in [2.45, 2.75) is 30.8 Å². The molecule has 166 valence electrons. The van der Waals surface area contributed by atoms with Crippen LogP contribution in [0, 0.1) is 0 Å². The molecule has 0 aromatic heterocycles. The standard InChI is InChI=1S/C21H25N3O6S/c1-14(25)23-16-8-9-20(29-2)19(12-16)24-21(26)15-5-3-7-18(11-15)31(27,28)22-13-17-6-4-10-30-17/h3,5,7-9,11-12,17,22H,4,6,10,13H2,1-2H3,(H,23,25)(H,24,26). The van der Waals surface area contributed by atoms with Crippen molar-refractivity contribution in [3.8, 4) is 5.75 Å². The highest BCUT2D eigenvalue weighted by Gasteiger charge is 2.21. The number of amides is 2. The number of hydrogen-bond donors (Lipinski definition) is 3. The molecular formula is C21H25N3O6S. The third-order valence-electron chi connectivity index (χ3n) is 4.70. The van der Waals surface area contributed by atoms with Crippen molar-refractivity contribution < 1.29 is 27.5 Å². The van der Waals surface area contributed by atoms with E-state index in [4.69, 9.17) is 9.47 Å². The van der Waals surface area contributed by atoms with Gasteiger partial charge in [-0.05, 0) is 49.2 Å². The van der Waals surface area contributed by atoms with Gasteiger partial charge in [0.2, 0.25) is 15.9 Å². The van der Waals surface area contributed by atoms with Crippen molar-refractivity contribution in [3.05, 3.63) is 48.0 Å². The topological polar surface area (TPSA) is 123 Å². The minimum atomic E-state index is -3.79. The monoisotopic (exact) mass is 447 g/mol.